The molecule has 0 radical (unpaired) electrons. The minimum Gasteiger partial charge on any atom is -0.381 e. The predicted molar refractivity (Wildman–Crippen MR) is 136 cm³/mol. The van der Waals surface area contributed by atoms with E-state index >= 15 is 0 Å². The van der Waals surface area contributed by atoms with Crippen molar-refractivity contribution in [2.45, 2.75) is 25.3 Å². The van der Waals surface area contributed by atoms with Crippen LogP contribution in [0.15, 0.2) is 29.3 Å². The highest BCUT2D eigenvalue weighted by Gasteiger charge is 2.41. The average molecular weight is 516 g/mol. The van der Waals surface area contributed by atoms with Gasteiger partial charge in [-0.1, -0.05) is 11.6 Å². The lowest BCUT2D eigenvalue weighted by atomic mass is 10.1. The molecule has 1 saturated carbocycles. The molecular weight excluding hydrogens is 486 g/mol. The van der Waals surface area contributed by atoms with Crippen LogP contribution in [0, 0.1) is 11.8 Å². The third-order valence-electron chi connectivity index (χ3n) is 6.73. The van der Waals surface area contributed by atoms with Crippen LogP contribution in [0.25, 0.3) is 5.65 Å². The van der Waals surface area contributed by atoms with Gasteiger partial charge >= 0.3 is 0 Å². The summed E-state index contributed by atoms with van der Waals surface area (Å²) in [7, 11) is 3.27. The molecule has 0 spiro atoms. The minimum atomic E-state index is -0.306. The highest BCUT2D eigenvalue weighted by molar-refractivity contribution is 6.30. The molecule has 5 heterocycles. The molecule has 3 aromatic heterocycles. The molecule has 11 nitrogen and oxygen atoms in total. The molecule has 3 N–H and O–H groups in total. The molecule has 3 aromatic rings. The van der Waals surface area contributed by atoms with Gasteiger partial charge < -0.3 is 30.0 Å². The standard InChI is InChI=1S/C19H22ClN7O3.C5H8O/c1-21-16-7-15(25-17-13(18(28)22-2)8-23-27(16)17)24-14-6-11(20)9-26(19(14)29)12-4-3-5-30-10-12;1-4-2-6-3-5(1)4/h6-9,12,21H,3-5,10H2,1-2H3,(H,22,28)(H,24,25);4-5H,1-3H2. The number of fused-ring (bicyclic) bond motifs is 2. The van der Waals surface area contributed by atoms with Crippen LogP contribution in [0.5, 0.6) is 0 Å². The van der Waals surface area contributed by atoms with Crippen molar-refractivity contribution >= 4 is 40.5 Å². The van der Waals surface area contributed by atoms with Gasteiger partial charge in [-0.25, -0.2) is 4.98 Å². The molecule has 6 rings (SSSR count). The number of carbonyl (C=O) groups is 1. The number of carbonyl (C=O) groups excluding carboxylic acids is 1. The summed E-state index contributed by atoms with van der Waals surface area (Å²) in [6.07, 6.45) is 6.27. The van der Waals surface area contributed by atoms with Crippen molar-refractivity contribution in [2.75, 3.05) is 51.2 Å². The molecule has 2 saturated heterocycles. The third kappa shape index (κ3) is 5.04. The van der Waals surface area contributed by atoms with Crippen molar-refractivity contribution in [3.05, 3.63) is 45.5 Å². The Hall–Kier alpha value is -3.15. The largest absolute Gasteiger partial charge is 0.381 e. The van der Waals surface area contributed by atoms with Crippen LogP contribution in [-0.2, 0) is 9.47 Å². The zero-order chi connectivity index (χ0) is 25.2. The fraction of sp³-hybridized carbons (Fsp3) is 0.500. The van der Waals surface area contributed by atoms with Crippen LogP contribution in [0.4, 0.5) is 17.3 Å². The molecule has 12 heteroatoms. The Morgan fingerprint density at radius 3 is 2.58 bits per heavy atom. The van der Waals surface area contributed by atoms with Crippen molar-refractivity contribution in [1.29, 1.82) is 0 Å². The van der Waals surface area contributed by atoms with E-state index in [0.29, 0.717) is 41.1 Å². The van der Waals surface area contributed by atoms with Gasteiger partial charge in [-0.3, -0.25) is 9.59 Å². The minimum absolute atomic E-state index is 0.0662. The van der Waals surface area contributed by atoms with Crippen LogP contribution in [0.1, 0.15) is 35.7 Å². The number of anilines is 3. The number of hydrogen-bond donors (Lipinski definition) is 3. The van der Waals surface area contributed by atoms with Gasteiger partial charge in [0.05, 0.1) is 23.9 Å². The molecule has 36 heavy (non-hydrogen) atoms. The second kappa shape index (κ2) is 10.5. The summed E-state index contributed by atoms with van der Waals surface area (Å²) < 4.78 is 13.7. The molecule has 1 aliphatic carbocycles. The van der Waals surface area contributed by atoms with Gasteiger partial charge in [-0.2, -0.15) is 9.61 Å². The van der Waals surface area contributed by atoms with E-state index in [-0.39, 0.29) is 23.2 Å². The Bertz CT molecular complexity index is 1310. The lowest BCUT2D eigenvalue weighted by Crippen LogP contribution is -2.31. The number of amides is 1. The highest BCUT2D eigenvalue weighted by atomic mass is 35.5. The van der Waals surface area contributed by atoms with Gasteiger partial charge in [0.25, 0.3) is 11.5 Å². The number of nitrogens with one attached hydrogen (secondary N) is 3. The number of halogens is 1. The smallest absolute Gasteiger partial charge is 0.274 e. The molecule has 2 aliphatic heterocycles. The summed E-state index contributed by atoms with van der Waals surface area (Å²) >= 11 is 6.29. The van der Waals surface area contributed by atoms with Crippen molar-refractivity contribution in [3.63, 3.8) is 0 Å². The zero-order valence-corrected chi connectivity index (χ0v) is 21.0. The van der Waals surface area contributed by atoms with Crippen LogP contribution < -0.4 is 21.5 Å². The van der Waals surface area contributed by atoms with Crippen LogP contribution in [0.2, 0.25) is 5.02 Å². The van der Waals surface area contributed by atoms with E-state index in [1.807, 2.05) is 0 Å². The normalized spacial score (nSPS) is 22.4. The number of ether oxygens (including phenoxy) is 2. The van der Waals surface area contributed by atoms with Crippen LogP contribution >= 0.6 is 11.6 Å². The molecule has 3 atom stereocenters. The Kier molecular flexibility index (Phi) is 7.13. The summed E-state index contributed by atoms with van der Waals surface area (Å²) in [6, 6.07) is 3.19. The van der Waals surface area contributed by atoms with E-state index in [1.165, 1.54) is 24.2 Å². The van der Waals surface area contributed by atoms with E-state index in [4.69, 9.17) is 21.1 Å². The Morgan fingerprint density at radius 2 is 1.97 bits per heavy atom. The van der Waals surface area contributed by atoms with E-state index in [0.717, 1.165) is 37.9 Å². The molecule has 0 bridgehead atoms. The number of nitrogens with zero attached hydrogens (tertiary/aromatic N) is 4. The second-order valence-electron chi connectivity index (χ2n) is 9.22. The first kappa shape index (κ1) is 24.5. The maximum absolute atomic E-state index is 13.1. The van der Waals surface area contributed by atoms with Gasteiger partial charge in [-0.15, -0.1) is 0 Å². The predicted octanol–water partition coefficient (Wildman–Crippen LogP) is 2.69. The van der Waals surface area contributed by atoms with E-state index in [2.05, 4.69) is 26.0 Å². The lowest BCUT2D eigenvalue weighted by molar-refractivity contribution is 0.0581. The summed E-state index contributed by atoms with van der Waals surface area (Å²) in [4.78, 5) is 29.7. The van der Waals surface area contributed by atoms with Gasteiger partial charge in [0.2, 0.25) is 0 Å². The quantitative estimate of drug-likeness (QED) is 0.474. The number of rotatable bonds is 5. The van der Waals surface area contributed by atoms with Gasteiger partial charge in [0, 0.05) is 46.2 Å². The second-order valence-corrected chi connectivity index (χ2v) is 9.66. The number of pyridine rings is 1. The fourth-order valence-corrected chi connectivity index (χ4v) is 4.81. The van der Waals surface area contributed by atoms with Gasteiger partial charge in [0.15, 0.2) is 5.65 Å². The molecule has 3 aliphatic rings. The van der Waals surface area contributed by atoms with Crippen molar-refractivity contribution < 1.29 is 14.3 Å². The van der Waals surface area contributed by atoms with Gasteiger partial charge in [0.1, 0.15) is 22.9 Å². The molecule has 3 unspecified atom stereocenters. The zero-order valence-electron chi connectivity index (χ0n) is 20.3. The summed E-state index contributed by atoms with van der Waals surface area (Å²) in [5, 5.41) is 13.3. The first-order chi connectivity index (χ1) is 17.5. The fourth-order valence-electron chi connectivity index (χ4n) is 4.60. The van der Waals surface area contributed by atoms with Crippen molar-refractivity contribution in [3.8, 4) is 0 Å². The maximum Gasteiger partial charge on any atom is 0.274 e. The van der Waals surface area contributed by atoms with Crippen LogP contribution in [0.3, 0.4) is 0 Å². The molecule has 192 valence electrons. The lowest BCUT2D eigenvalue weighted by Gasteiger charge is -2.25. The van der Waals surface area contributed by atoms with Crippen molar-refractivity contribution in [1.82, 2.24) is 24.5 Å². The summed E-state index contributed by atoms with van der Waals surface area (Å²) in [6.45, 7) is 3.29. The molecule has 0 aromatic carbocycles. The summed E-state index contributed by atoms with van der Waals surface area (Å²) in [5.74, 6) is 2.65. The Morgan fingerprint density at radius 1 is 1.17 bits per heavy atom. The average Bonchev–Trinajstić information content (AvgIpc) is 3.27. The Balaban J connectivity index is 0.000000382. The third-order valence-corrected chi connectivity index (χ3v) is 6.94. The SMILES string of the molecule is C1OCC2CC12.CNC(=O)c1cnn2c(NC)cc(Nc3cc(Cl)cn(C4CCCOC4)c3=O)nc12. The van der Waals surface area contributed by atoms with E-state index < -0.39 is 0 Å². The molecular formula is C24H30ClN7O4. The molecule has 3 fully saturated rings. The first-order valence-corrected chi connectivity index (χ1v) is 12.5. The van der Waals surface area contributed by atoms with E-state index in [9.17, 15) is 9.59 Å². The summed E-state index contributed by atoms with van der Waals surface area (Å²) in [5.41, 5.74) is 0.739. The van der Waals surface area contributed by atoms with E-state index in [1.54, 1.807) is 29.9 Å². The van der Waals surface area contributed by atoms with Crippen molar-refractivity contribution in [2.24, 2.45) is 11.8 Å². The number of hydrogen-bond acceptors (Lipinski definition) is 8. The highest BCUT2D eigenvalue weighted by Crippen LogP contribution is 2.43. The number of aromatic nitrogens is 4. The first-order valence-electron chi connectivity index (χ1n) is 12.1. The van der Waals surface area contributed by atoms with Gasteiger partial charge in [-0.05, 0) is 37.2 Å². The topological polar surface area (TPSA) is 124 Å². The molecule has 1 amide bonds. The maximum atomic E-state index is 13.1. The Labute approximate surface area is 213 Å². The van der Waals surface area contributed by atoms with Crippen LogP contribution in [-0.4, -0.2) is 65.6 Å². The monoisotopic (exact) mass is 515 g/mol.